The molecule has 7 heteroatoms. The topological polar surface area (TPSA) is 138 Å². The molecule has 0 saturated carbocycles. The van der Waals surface area contributed by atoms with Crippen molar-refractivity contribution in [3.05, 3.63) is 35.9 Å². The quantitative estimate of drug-likeness (QED) is 0.202. The zero-order valence-corrected chi connectivity index (χ0v) is 21.5. The van der Waals surface area contributed by atoms with Crippen molar-refractivity contribution in [1.82, 2.24) is 0 Å². The van der Waals surface area contributed by atoms with E-state index in [0.29, 0.717) is 12.0 Å². The Kier molecular flexibility index (Phi) is 35.5. The summed E-state index contributed by atoms with van der Waals surface area (Å²) in [4.78, 5) is 20.5. The molecule has 0 atom stereocenters. The second-order valence-corrected chi connectivity index (χ2v) is 7.76. The number of carboxylic acid groups (broad SMARTS) is 2. The van der Waals surface area contributed by atoms with Gasteiger partial charge in [-0.25, -0.2) is 4.79 Å². The molecule has 0 aliphatic carbocycles. The zero-order chi connectivity index (χ0) is 21.6. The smallest absolute Gasteiger partial charge is 0.335 e. The molecule has 186 valence electrons. The largest absolute Gasteiger partial charge is 0.481 e. The summed E-state index contributed by atoms with van der Waals surface area (Å²) in [6.07, 6.45) is 20.2. The van der Waals surface area contributed by atoms with Crippen LogP contribution in [0.4, 0.5) is 0 Å². The van der Waals surface area contributed by atoms with E-state index in [0.717, 1.165) is 12.8 Å². The van der Waals surface area contributed by atoms with Crippen LogP contribution in [0, 0.1) is 0 Å². The van der Waals surface area contributed by atoms with Crippen molar-refractivity contribution in [1.29, 1.82) is 0 Å². The van der Waals surface area contributed by atoms with Crippen LogP contribution in [0.3, 0.4) is 0 Å². The Morgan fingerprint density at radius 1 is 0.625 bits per heavy atom. The maximum absolute atomic E-state index is 10.3. The fourth-order valence-corrected chi connectivity index (χ4v) is 3.23. The van der Waals surface area contributed by atoms with Gasteiger partial charge in [-0.3, -0.25) is 4.79 Å². The Bertz CT molecular complexity index is 510. The molecule has 0 aliphatic heterocycles. The SMILES string of the molecule is CCCCCCCCCCCCCCCCCC(=O)O.O.O.O=C(O)c1ccccc1.[Ti]. The number of hydrogen-bond donors (Lipinski definition) is 2. The van der Waals surface area contributed by atoms with Gasteiger partial charge in [-0.1, -0.05) is 115 Å². The van der Waals surface area contributed by atoms with Crippen molar-refractivity contribution in [2.75, 3.05) is 0 Å². The van der Waals surface area contributed by atoms with Crippen LogP contribution in [-0.2, 0) is 26.5 Å². The summed E-state index contributed by atoms with van der Waals surface area (Å²) >= 11 is 0. The van der Waals surface area contributed by atoms with Gasteiger partial charge in [0.1, 0.15) is 0 Å². The molecule has 1 aromatic carbocycles. The summed E-state index contributed by atoms with van der Waals surface area (Å²) in [5, 5.41) is 16.9. The normalized spacial score (nSPS) is 9.28. The molecule has 1 aromatic rings. The molecule has 1 rings (SSSR count). The van der Waals surface area contributed by atoms with E-state index < -0.39 is 11.9 Å². The van der Waals surface area contributed by atoms with Crippen molar-refractivity contribution < 1.29 is 52.5 Å². The van der Waals surface area contributed by atoms with Crippen LogP contribution in [0.1, 0.15) is 120 Å². The molecule has 6 N–H and O–H groups in total. The first-order chi connectivity index (χ1) is 14.1. The molecular formula is C25H46O6Ti. The van der Waals surface area contributed by atoms with E-state index in [-0.39, 0.29) is 32.7 Å². The van der Waals surface area contributed by atoms with E-state index in [2.05, 4.69) is 6.92 Å². The van der Waals surface area contributed by atoms with Crippen LogP contribution in [-0.4, -0.2) is 33.1 Å². The molecule has 32 heavy (non-hydrogen) atoms. The Morgan fingerprint density at radius 2 is 0.969 bits per heavy atom. The van der Waals surface area contributed by atoms with E-state index in [1.807, 2.05) is 0 Å². The molecule has 6 nitrogen and oxygen atoms in total. The maximum atomic E-state index is 10.3. The molecule has 0 saturated heterocycles. The molecule has 0 heterocycles. The minimum atomic E-state index is -0.879. The van der Waals surface area contributed by atoms with Gasteiger partial charge in [0.15, 0.2) is 0 Å². The number of rotatable bonds is 17. The molecule has 0 aliphatic rings. The van der Waals surface area contributed by atoms with Gasteiger partial charge in [-0.15, -0.1) is 0 Å². The Hall–Kier alpha value is -1.21. The number of aliphatic carboxylic acids is 1. The minimum absolute atomic E-state index is 0. The van der Waals surface area contributed by atoms with Crippen molar-refractivity contribution in [2.45, 2.75) is 110 Å². The average molecular weight is 491 g/mol. The number of aromatic carboxylic acids is 1. The van der Waals surface area contributed by atoms with Gasteiger partial charge in [0.2, 0.25) is 0 Å². The second-order valence-electron chi connectivity index (χ2n) is 7.76. The van der Waals surface area contributed by atoms with Gasteiger partial charge in [0.05, 0.1) is 5.56 Å². The molecule has 0 radical (unpaired) electrons. The van der Waals surface area contributed by atoms with Gasteiger partial charge in [-0.2, -0.15) is 0 Å². The number of benzene rings is 1. The predicted octanol–water partition coefficient (Wildman–Crippen LogP) is 6.07. The van der Waals surface area contributed by atoms with E-state index in [9.17, 15) is 9.59 Å². The zero-order valence-electron chi connectivity index (χ0n) is 19.9. The van der Waals surface area contributed by atoms with Crippen molar-refractivity contribution >= 4 is 11.9 Å². The molecule has 0 fully saturated rings. The average Bonchev–Trinajstić information content (AvgIpc) is 2.72. The summed E-state index contributed by atoms with van der Waals surface area (Å²) in [5.41, 5.74) is 0.331. The number of carbonyl (C=O) groups is 2. The van der Waals surface area contributed by atoms with Gasteiger partial charge in [0, 0.05) is 28.1 Å². The predicted molar refractivity (Wildman–Crippen MR) is 128 cm³/mol. The van der Waals surface area contributed by atoms with Crippen molar-refractivity contribution in [3.8, 4) is 0 Å². The van der Waals surface area contributed by atoms with Gasteiger partial charge in [0.25, 0.3) is 0 Å². The Balaban J connectivity index is -0.000000276. The Morgan fingerprint density at radius 3 is 1.25 bits per heavy atom. The molecular weight excluding hydrogens is 444 g/mol. The molecule has 0 aromatic heterocycles. The minimum Gasteiger partial charge on any atom is -0.481 e. The number of hydrogen-bond acceptors (Lipinski definition) is 2. The third kappa shape index (κ3) is 28.8. The fraction of sp³-hybridized carbons (Fsp3) is 0.680. The monoisotopic (exact) mass is 490 g/mol. The first kappa shape index (κ1) is 38.1. The molecule has 0 bridgehead atoms. The van der Waals surface area contributed by atoms with E-state index in [4.69, 9.17) is 10.2 Å². The van der Waals surface area contributed by atoms with E-state index >= 15 is 0 Å². The summed E-state index contributed by atoms with van der Waals surface area (Å²) < 4.78 is 0. The summed E-state index contributed by atoms with van der Waals surface area (Å²) in [7, 11) is 0. The Labute approximate surface area is 209 Å². The summed E-state index contributed by atoms with van der Waals surface area (Å²) in [6, 6.07) is 8.30. The van der Waals surface area contributed by atoms with Crippen LogP contribution < -0.4 is 0 Å². The maximum Gasteiger partial charge on any atom is 0.335 e. The number of carboxylic acids is 2. The van der Waals surface area contributed by atoms with Crippen molar-refractivity contribution in [3.63, 3.8) is 0 Å². The van der Waals surface area contributed by atoms with Crippen LogP contribution in [0.2, 0.25) is 0 Å². The molecule has 0 unspecified atom stereocenters. The first-order valence-electron chi connectivity index (χ1n) is 11.6. The van der Waals surface area contributed by atoms with Crippen LogP contribution in [0.15, 0.2) is 30.3 Å². The molecule has 0 spiro atoms. The van der Waals surface area contributed by atoms with Crippen LogP contribution in [0.25, 0.3) is 0 Å². The van der Waals surface area contributed by atoms with Crippen LogP contribution >= 0.6 is 0 Å². The van der Waals surface area contributed by atoms with Crippen molar-refractivity contribution in [2.24, 2.45) is 0 Å². The van der Waals surface area contributed by atoms with Gasteiger partial charge in [-0.05, 0) is 18.6 Å². The van der Waals surface area contributed by atoms with Gasteiger partial charge < -0.3 is 21.2 Å². The standard InChI is InChI=1S/C18H36O2.C7H6O2.2H2O.Ti/c1-2-3-4-5-6-7-8-9-10-11-12-13-14-15-16-17-18(19)20;8-7(9)6-4-2-1-3-5-6;;;/h2-17H2,1H3,(H,19,20);1-5H,(H,8,9);2*1H2;. The van der Waals surface area contributed by atoms with E-state index in [1.165, 1.54) is 83.5 Å². The molecule has 0 amide bonds. The third-order valence-corrected chi connectivity index (χ3v) is 5.01. The van der Waals surface area contributed by atoms with Gasteiger partial charge >= 0.3 is 11.9 Å². The fourth-order valence-electron chi connectivity index (χ4n) is 3.23. The van der Waals surface area contributed by atoms with Crippen LogP contribution in [0.5, 0.6) is 0 Å². The number of unbranched alkanes of at least 4 members (excludes halogenated alkanes) is 14. The van der Waals surface area contributed by atoms with E-state index in [1.54, 1.807) is 30.3 Å². The first-order valence-corrected chi connectivity index (χ1v) is 11.6. The third-order valence-electron chi connectivity index (χ3n) is 5.01. The summed E-state index contributed by atoms with van der Waals surface area (Å²) in [6.45, 7) is 2.27. The second kappa shape index (κ2) is 29.8. The summed E-state index contributed by atoms with van der Waals surface area (Å²) in [5.74, 6) is -1.53.